The van der Waals surface area contributed by atoms with Gasteiger partial charge in [0.15, 0.2) is 0 Å². The summed E-state index contributed by atoms with van der Waals surface area (Å²) >= 11 is 3.10. The zero-order valence-corrected chi connectivity index (χ0v) is 9.51. The van der Waals surface area contributed by atoms with E-state index < -0.39 is 17.6 Å². The van der Waals surface area contributed by atoms with Gasteiger partial charge in [0.1, 0.15) is 5.82 Å². The summed E-state index contributed by atoms with van der Waals surface area (Å²) in [6.07, 6.45) is -0.104. The third-order valence-corrected chi connectivity index (χ3v) is 2.52. The maximum absolute atomic E-state index is 12.7. The van der Waals surface area contributed by atoms with Gasteiger partial charge in [-0.2, -0.15) is 0 Å². The molecule has 80 valence electrons. The molecule has 3 nitrogen and oxygen atoms in total. The van der Waals surface area contributed by atoms with Crippen LogP contribution in [-0.4, -0.2) is 18.9 Å². The number of rotatable bonds is 3. The third kappa shape index (κ3) is 3.13. The molecule has 0 N–H and O–H groups in total. The lowest BCUT2D eigenvalue weighted by Gasteiger charge is -2.02. The second kappa shape index (κ2) is 5.02. The van der Waals surface area contributed by atoms with Crippen LogP contribution in [0.3, 0.4) is 0 Å². The number of halogens is 2. The lowest BCUT2D eigenvalue weighted by molar-refractivity contribution is -0.151. The second-order valence-electron chi connectivity index (χ2n) is 2.83. The minimum atomic E-state index is -0.897. The van der Waals surface area contributed by atoms with E-state index in [2.05, 4.69) is 20.7 Å². The number of Topliss-reactive ketones (excluding diaryl/α,β-unsaturated/α-hetero) is 1. The number of hydrogen-bond donors (Lipinski definition) is 0. The van der Waals surface area contributed by atoms with Gasteiger partial charge in [0.2, 0.25) is 5.78 Å². The van der Waals surface area contributed by atoms with E-state index in [1.54, 1.807) is 0 Å². The van der Waals surface area contributed by atoms with E-state index in [0.29, 0.717) is 10.0 Å². The van der Waals surface area contributed by atoms with E-state index in [1.165, 1.54) is 18.2 Å². The smallest absolute Gasteiger partial charge is 0.374 e. The Hall–Kier alpha value is -1.23. The highest BCUT2D eigenvalue weighted by atomic mass is 79.9. The van der Waals surface area contributed by atoms with Crippen molar-refractivity contribution in [2.45, 2.75) is 6.42 Å². The van der Waals surface area contributed by atoms with E-state index in [1.807, 2.05) is 0 Å². The van der Waals surface area contributed by atoms with Crippen molar-refractivity contribution in [2.75, 3.05) is 7.11 Å². The highest BCUT2D eigenvalue weighted by Gasteiger charge is 2.15. The fourth-order valence-electron chi connectivity index (χ4n) is 1.02. The molecule has 1 aromatic carbocycles. The molecule has 5 heteroatoms. The molecule has 0 aromatic heterocycles. The van der Waals surface area contributed by atoms with Gasteiger partial charge < -0.3 is 4.74 Å². The van der Waals surface area contributed by atoms with Crippen molar-refractivity contribution >= 4 is 27.7 Å². The fraction of sp³-hybridized carbons (Fsp3) is 0.200. The van der Waals surface area contributed by atoms with Crippen LogP contribution < -0.4 is 0 Å². The minimum absolute atomic E-state index is 0.104. The van der Waals surface area contributed by atoms with E-state index in [9.17, 15) is 14.0 Å². The van der Waals surface area contributed by atoms with Crippen molar-refractivity contribution in [3.05, 3.63) is 34.1 Å². The molecule has 0 aliphatic carbocycles. The first-order valence-corrected chi connectivity index (χ1v) is 4.89. The number of benzene rings is 1. The Balaban J connectivity index is 2.81. The average molecular weight is 275 g/mol. The SMILES string of the molecule is COC(=O)C(=O)Cc1ccc(F)cc1Br. The maximum atomic E-state index is 12.7. The van der Waals surface area contributed by atoms with Crippen LogP contribution in [0.25, 0.3) is 0 Å². The molecule has 0 amide bonds. The van der Waals surface area contributed by atoms with Crippen LogP contribution in [0.5, 0.6) is 0 Å². The van der Waals surface area contributed by atoms with Gasteiger partial charge in [-0.15, -0.1) is 0 Å². The van der Waals surface area contributed by atoms with Gasteiger partial charge in [0.05, 0.1) is 7.11 Å². The largest absolute Gasteiger partial charge is 0.463 e. The van der Waals surface area contributed by atoms with Crippen LogP contribution in [0.4, 0.5) is 4.39 Å². The molecule has 0 saturated carbocycles. The number of carbonyl (C=O) groups excluding carboxylic acids is 2. The Morgan fingerprint density at radius 2 is 2.13 bits per heavy atom. The summed E-state index contributed by atoms with van der Waals surface area (Å²) in [4.78, 5) is 22.0. The van der Waals surface area contributed by atoms with Crippen molar-refractivity contribution in [2.24, 2.45) is 0 Å². The van der Waals surface area contributed by atoms with Crippen LogP contribution in [0.1, 0.15) is 5.56 Å². The molecule has 0 saturated heterocycles. The van der Waals surface area contributed by atoms with Crippen LogP contribution in [-0.2, 0) is 20.7 Å². The topological polar surface area (TPSA) is 43.4 Å². The third-order valence-electron chi connectivity index (χ3n) is 1.78. The number of ether oxygens (including phenoxy) is 1. The molecule has 1 aromatic rings. The zero-order valence-electron chi connectivity index (χ0n) is 7.92. The Kier molecular flexibility index (Phi) is 3.96. The number of carbonyl (C=O) groups is 2. The summed E-state index contributed by atoms with van der Waals surface area (Å²) in [5.74, 6) is -1.97. The Morgan fingerprint density at radius 1 is 1.47 bits per heavy atom. The first-order chi connectivity index (χ1) is 7.04. The van der Waals surface area contributed by atoms with Gasteiger partial charge in [-0.25, -0.2) is 9.18 Å². The number of methoxy groups -OCH3 is 1. The van der Waals surface area contributed by atoms with Crippen molar-refractivity contribution in [1.82, 2.24) is 0 Å². The van der Waals surface area contributed by atoms with Gasteiger partial charge in [0, 0.05) is 10.9 Å². The molecular weight excluding hydrogens is 267 g/mol. The highest BCUT2D eigenvalue weighted by Crippen LogP contribution is 2.18. The highest BCUT2D eigenvalue weighted by molar-refractivity contribution is 9.10. The summed E-state index contributed by atoms with van der Waals surface area (Å²) in [5, 5.41) is 0. The molecule has 0 atom stereocenters. The fourth-order valence-corrected chi connectivity index (χ4v) is 1.52. The molecule has 0 aliphatic heterocycles. The van der Waals surface area contributed by atoms with E-state index in [-0.39, 0.29) is 6.42 Å². The van der Waals surface area contributed by atoms with Crippen LogP contribution in [0.2, 0.25) is 0 Å². The van der Waals surface area contributed by atoms with Gasteiger partial charge >= 0.3 is 5.97 Å². The van der Waals surface area contributed by atoms with E-state index in [0.717, 1.165) is 7.11 Å². The quantitative estimate of drug-likeness (QED) is 0.624. The number of hydrogen-bond acceptors (Lipinski definition) is 3. The molecule has 0 bridgehead atoms. The van der Waals surface area contributed by atoms with Gasteiger partial charge in [0.25, 0.3) is 0 Å². The second-order valence-corrected chi connectivity index (χ2v) is 3.68. The normalized spacial score (nSPS) is 9.80. The molecule has 0 spiro atoms. The molecule has 15 heavy (non-hydrogen) atoms. The molecule has 0 radical (unpaired) electrons. The maximum Gasteiger partial charge on any atom is 0.374 e. The standard InChI is InChI=1S/C10H8BrFO3/c1-15-10(14)9(13)4-6-2-3-7(12)5-8(6)11/h2-3,5H,4H2,1H3. The summed E-state index contributed by atoms with van der Waals surface area (Å²) in [7, 11) is 1.14. The lowest BCUT2D eigenvalue weighted by atomic mass is 10.1. The summed E-state index contributed by atoms with van der Waals surface area (Å²) in [6.45, 7) is 0. The Bertz CT molecular complexity index is 404. The van der Waals surface area contributed by atoms with Crippen molar-refractivity contribution in [1.29, 1.82) is 0 Å². The summed E-state index contributed by atoms with van der Waals surface area (Å²) < 4.78 is 17.4. The first-order valence-electron chi connectivity index (χ1n) is 4.09. The van der Waals surface area contributed by atoms with Gasteiger partial charge in [-0.3, -0.25) is 4.79 Å². The Morgan fingerprint density at radius 3 is 2.67 bits per heavy atom. The molecule has 1 rings (SSSR count). The van der Waals surface area contributed by atoms with Crippen LogP contribution >= 0.6 is 15.9 Å². The molecule has 0 fully saturated rings. The lowest BCUT2D eigenvalue weighted by Crippen LogP contribution is -2.17. The molecule has 0 heterocycles. The van der Waals surface area contributed by atoms with E-state index >= 15 is 0 Å². The molecule has 0 unspecified atom stereocenters. The van der Waals surface area contributed by atoms with Gasteiger partial charge in [-0.05, 0) is 17.7 Å². The summed E-state index contributed by atoms with van der Waals surface area (Å²) in [6, 6.07) is 3.91. The van der Waals surface area contributed by atoms with Gasteiger partial charge in [-0.1, -0.05) is 22.0 Å². The van der Waals surface area contributed by atoms with E-state index in [4.69, 9.17) is 0 Å². The first kappa shape index (κ1) is 11.8. The van der Waals surface area contributed by atoms with Crippen molar-refractivity contribution in [3.8, 4) is 0 Å². The predicted molar refractivity (Wildman–Crippen MR) is 54.8 cm³/mol. The summed E-state index contributed by atoms with van der Waals surface area (Å²) in [5.41, 5.74) is 0.548. The molecular formula is C10H8BrFO3. The number of esters is 1. The van der Waals surface area contributed by atoms with Crippen LogP contribution in [0.15, 0.2) is 22.7 Å². The Labute approximate surface area is 94.4 Å². The monoisotopic (exact) mass is 274 g/mol. The zero-order chi connectivity index (χ0) is 11.4. The van der Waals surface area contributed by atoms with Crippen molar-refractivity contribution in [3.63, 3.8) is 0 Å². The number of ketones is 1. The minimum Gasteiger partial charge on any atom is -0.463 e. The average Bonchev–Trinajstić information content (AvgIpc) is 2.20. The van der Waals surface area contributed by atoms with Crippen LogP contribution in [0, 0.1) is 5.82 Å². The van der Waals surface area contributed by atoms with Crippen molar-refractivity contribution < 1.29 is 18.7 Å². The molecule has 0 aliphatic rings. The predicted octanol–water partition coefficient (Wildman–Crippen LogP) is 1.87.